The first kappa shape index (κ1) is 18.8. The number of urea groups is 1. The molecule has 2 aliphatic rings. The number of halogens is 3. The molecule has 148 valence electrons. The lowest BCUT2D eigenvalue weighted by Crippen LogP contribution is -2.48. The van der Waals surface area contributed by atoms with E-state index >= 15 is 0 Å². The molecule has 0 aromatic heterocycles. The van der Waals surface area contributed by atoms with Crippen molar-refractivity contribution in [3.63, 3.8) is 0 Å². The Balaban J connectivity index is 1.69. The number of nitrogens with zero attached hydrogens (tertiary/aromatic N) is 2. The summed E-state index contributed by atoms with van der Waals surface area (Å²) >= 11 is 0. The number of amides is 2. The summed E-state index contributed by atoms with van der Waals surface area (Å²) in [7, 11) is 2.05. The highest BCUT2D eigenvalue weighted by Crippen LogP contribution is 2.45. The number of piperidine rings is 1. The monoisotopic (exact) mass is 389 g/mol. The lowest BCUT2D eigenvalue weighted by atomic mass is 9.89. The van der Waals surface area contributed by atoms with Crippen LogP contribution in [0.15, 0.2) is 42.5 Å². The smallest absolute Gasteiger partial charge is 0.307 e. The highest BCUT2D eigenvalue weighted by Gasteiger charge is 2.44. The fourth-order valence-electron chi connectivity index (χ4n) is 4.36. The topological polar surface area (TPSA) is 35.6 Å². The number of para-hydroxylation sites is 1. The average Bonchev–Trinajstić information content (AvgIpc) is 2.94. The fourth-order valence-corrected chi connectivity index (χ4v) is 4.36. The van der Waals surface area contributed by atoms with Crippen molar-refractivity contribution >= 4 is 17.4 Å². The first-order valence-electron chi connectivity index (χ1n) is 9.31. The first-order chi connectivity index (χ1) is 13.3. The summed E-state index contributed by atoms with van der Waals surface area (Å²) in [6.45, 7) is 3.67. The number of hydrogen-bond acceptors (Lipinski definition) is 2. The number of rotatable bonds is 1. The van der Waals surface area contributed by atoms with Crippen molar-refractivity contribution in [1.82, 2.24) is 4.90 Å². The van der Waals surface area contributed by atoms with E-state index in [-0.39, 0.29) is 17.6 Å². The van der Waals surface area contributed by atoms with Crippen LogP contribution in [0.4, 0.5) is 29.3 Å². The SMILES string of the molecule is Cc1ccc2c(c1)C1CN(C)CCC1N2C(=O)Nc1ccccc1C(F)(F)F. The molecule has 1 N–H and O–H groups in total. The van der Waals surface area contributed by atoms with Crippen LogP contribution in [0.3, 0.4) is 0 Å². The van der Waals surface area contributed by atoms with Crippen LogP contribution in [0.5, 0.6) is 0 Å². The quantitative estimate of drug-likeness (QED) is 0.757. The maximum Gasteiger partial charge on any atom is 0.418 e. The van der Waals surface area contributed by atoms with Crippen molar-refractivity contribution in [2.75, 3.05) is 30.4 Å². The van der Waals surface area contributed by atoms with Gasteiger partial charge in [-0.15, -0.1) is 0 Å². The number of carbonyl (C=O) groups is 1. The predicted molar refractivity (Wildman–Crippen MR) is 103 cm³/mol. The fraction of sp³-hybridized carbons (Fsp3) is 0.381. The molecule has 2 unspecified atom stereocenters. The van der Waals surface area contributed by atoms with E-state index in [9.17, 15) is 18.0 Å². The summed E-state index contributed by atoms with van der Waals surface area (Å²) in [5, 5.41) is 2.51. The Kier molecular flexibility index (Phi) is 4.57. The number of fused-ring (bicyclic) bond motifs is 3. The third-order valence-corrected chi connectivity index (χ3v) is 5.65. The average molecular weight is 389 g/mol. The lowest BCUT2D eigenvalue weighted by Gasteiger charge is -2.36. The summed E-state index contributed by atoms with van der Waals surface area (Å²) in [4.78, 5) is 17.0. The summed E-state index contributed by atoms with van der Waals surface area (Å²) in [5.74, 6) is 0.164. The van der Waals surface area contributed by atoms with Gasteiger partial charge in [0.05, 0.1) is 11.3 Å². The van der Waals surface area contributed by atoms with Gasteiger partial charge in [-0.05, 0) is 50.7 Å². The third-order valence-electron chi connectivity index (χ3n) is 5.65. The Morgan fingerprint density at radius 3 is 2.68 bits per heavy atom. The number of likely N-dealkylation sites (tertiary alicyclic amines) is 1. The normalized spacial score (nSPS) is 22.0. The number of alkyl halides is 3. The summed E-state index contributed by atoms with van der Waals surface area (Å²) in [6.07, 6.45) is -3.75. The molecular formula is C21H22F3N3O. The van der Waals surface area contributed by atoms with Gasteiger partial charge in [0, 0.05) is 24.2 Å². The van der Waals surface area contributed by atoms with Gasteiger partial charge < -0.3 is 10.2 Å². The number of nitrogens with one attached hydrogen (secondary N) is 1. The van der Waals surface area contributed by atoms with E-state index in [1.54, 1.807) is 4.90 Å². The Hall–Kier alpha value is -2.54. The van der Waals surface area contributed by atoms with E-state index in [1.165, 1.54) is 18.2 Å². The second kappa shape index (κ2) is 6.81. The molecule has 2 aromatic carbocycles. The van der Waals surface area contributed by atoms with Gasteiger partial charge in [-0.1, -0.05) is 29.8 Å². The zero-order valence-electron chi connectivity index (χ0n) is 15.8. The molecule has 1 fully saturated rings. The summed E-state index contributed by atoms with van der Waals surface area (Å²) in [6, 6.07) is 10.4. The molecule has 4 rings (SSSR count). The van der Waals surface area contributed by atoms with Gasteiger partial charge >= 0.3 is 12.2 Å². The predicted octanol–water partition coefficient (Wildman–Crippen LogP) is 4.85. The zero-order valence-corrected chi connectivity index (χ0v) is 15.8. The highest BCUT2D eigenvalue weighted by atomic mass is 19.4. The van der Waals surface area contributed by atoms with Gasteiger partial charge in [-0.3, -0.25) is 4.90 Å². The molecule has 2 atom stereocenters. The Morgan fingerprint density at radius 1 is 1.18 bits per heavy atom. The number of likely N-dealkylation sites (N-methyl/N-ethyl adjacent to an activating group) is 1. The minimum absolute atomic E-state index is 0.0500. The van der Waals surface area contributed by atoms with E-state index in [2.05, 4.69) is 16.3 Å². The van der Waals surface area contributed by atoms with E-state index in [0.29, 0.717) is 0 Å². The van der Waals surface area contributed by atoms with E-state index in [0.717, 1.165) is 42.4 Å². The number of aryl methyl sites for hydroxylation is 1. The molecule has 2 aromatic rings. The van der Waals surface area contributed by atoms with Gasteiger partial charge in [0.15, 0.2) is 0 Å². The molecule has 7 heteroatoms. The van der Waals surface area contributed by atoms with Crippen molar-refractivity contribution in [3.05, 3.63) is 59.2 Å². The number of benzene rings is 2. The maximum atomic E-state index is 13.3. The number of carbonyl (C=O) groups excluding carboxylic acids is 1. The molecular weight excluding hydrogens is 367 g/mol. The Bertz CT molecular complexity index is 912. The highest BCUT2D eigenvalue weighted by molar-refractivity contribution is 6.04. The van der Waals surface area contributed by atoms with Crippen LogP contribution in [-0.4, -0.2) is 37.1 Å². The zero-order chi connectivity index (χ0) is 20.1. The molecule has 1 saturated heterocycles. The van der Waals surface area contributed by atoms with Crippen LogP contribution in [-0.2, 0) is 6.18 Å². The van der Waals surface area contributed by atoms with Gasteiger partial charge in [0.25, 0.3) is 0 Å². The minimum atomic E-state index is -4.53. The van der Waals surface area contributed by atoms with Crippen molar-refractivity contribution in [1.29, 1.82) is 0 Å². The number of anilines is 2. The largest absolute Gasteiger partial charge is 0.418 e. The first-order valence-corrected chi connectivity index (χ1v) is 9.31. The van der Waals surface area contributed by atoms with Gasteiger partial charge in [0.1, 0.15) is 0 Å². The third kappa shape index (κ3) is 3.24. The van der Waals surface area contributed by atoms with Crippen molar-refractivity contribution < 1.29 is 18.0 Å². The minimum Gasteiger partial charge on any atom is -0.307 e. The van der Waals surface area contributed by atoms with Crippen LogP contribution < -0.4 is 10.2 Å². The second-order valence-corrected chi connectivity index (χ2v) is 7.63. The van der Waals surface area contributed by atoms with Crippen LogP contribution in [0.2, 0.25) is 0 Å². The molecule has 2 aliphatic heterocycles. The molecule has 4 nitrogen and oxygen atoms in total. The maximum absolute atomic E-state index is 13.3. The summed E-state index contributed by atoms with van der Waals surface area (Å²) in [5.41, 5.74) is 1.93. The second-order valence-electron chi connectivity index (χ2n) is 7.63. The van der Waals surface area contributed by atoms with E-state index in [1.807, 2.05) is 26.1 Å². The molecule has 2 amide bonds. The molecule has 2 heterocycles. The van der Waals surface area contributed by atoms with E-state index in [4.69, 9.17) is 0 Å². The van der Waals surface area contributed by atoms with Crippen molar-refractivity contribution in [3.8, 4) is 0 Å². The Labute approximate surface area is 161 Å². The number of hydrogen-bond donors (Lipinski definition) is 1. The van der Waals surface area contributed by atoms with Crippen LogP contribution in [0, 0.1) is 6.92 Å². The molecule has 0 spiro atoms. The molecule has 28 heavy (non-hydrogen) atoms. The lowest BCUT2D eigenvalue weighted by molar-refractivity contribution is -0.136. The van der Waals surface area contributed by atoms with Crippen molar-refractivity contribution in [2.45, 2.75) is 31.5 Å². The molecule has 0 bridgehead atoms. The molecule has 0 radical (unpaired) electrons. The molecule has 0 aliphatic carbocycles. The van der Waals surface area contributed by atoms with Crippen LogP contribution in [0.25, 0.3) is 0 Å². The molecule has 0 saturated carbocycles. The summed E-state index contributed by atoms with van der Waals surface area (Å²) < 4.78 is 39.9. The van der Waals surface area contributed by atoms with Crippen LogP contribution >= 0.6 is 0 Å². The Morgan fingerprint density at radius 2 is 1.93 bits per heavy atom. The van der Waals surface area contributed by atoms with E-state index < -0.39 is 17.8 Å². The van der Waals surface area contributed by atoms with Gasteiger partial charge in [-0.25, -0.2) is 4.79 Å². The van der Waals surface area contributed by atoms with Gasteiger partial charge in [0.2, 0.25) is 0 Å². The van der Waals surface area contributed by atoms with Crippen LogP contribution in [0.1, 0.15) is 29.0 Å². The van der Waals surface area contributed by atoms with Crippen molar-refractivity contribution in [2.24, 2.45) is 0 Å². The standard InChI is InChI=1S/C21H22F3N3O/c1-13-7-8-18-14(11-13)15-12-26(2)10-9-19(15)27(18)20(28)25-17-6-4-3-5-16(17)21(22,23)24/h3-8,11,15,19H,9-10,12H2,1-2H3,(H,25,28). The van der Waals surface area contributed by atoms with Gasteiger partial charge in [-0.2, -0.15) is 13.2 Å².